The van der Waals surface area contributed by atoms with Crippen LogP contribution in [0.4, 0.5) is 18.9 Å². The van der Waals surface area contributed by atoms with Gasteiger partial charge in [-0.3, -0.25) is 0 Å². The molecule has 1 aliphatic heterocycles. The lowest BCUT2D eigenvalue weighted by Gasteiger charge is -2.37. The molecule has 118 valence electrons. The van der Waals surface area contributed by atoms with Gasteiger partial charge in [0.2, 0.25) is 0 Å². The van der Waals surface area contributed by atoms with E-state index < -0.39 is 25.8 Å². The van der Waals surface area contributed by atoms with E-state index in [0.717, 1.165) is 12.1 Å². The fraction of sp³-hybridized carbons (Fsp3) is 0.538. The zero-order chi connectivity index (χ0) is 15.9. The van der Waals surface area contributed by atoms with E-state index in [1.165, 1.54) is 12.1 Å². The fourth-order valence-corrected chi connectivity index (χ4v) is 2.98. The molecule has 2 rings (SSSR count). The molecule has 1 aliphatic rings. The Morgan fingerprint density at radius 3 is 2.05 bits per heavy atom. The summed E-state index contributed by atoms with van der Waals surface area (Å²) in [5.41, 5.74) is -5.37. The number of aliphatic hydroxyl groups is 1. The summed E-state index contributed by atoms with van der Waals surface area (Å²) in [5.74, 6) is 0. The molecule has 0 aliphatic carbocycles. The summed E-state index contributed by atoms with van der Waals surface area (Å²) in [4.78, 5) is 1.14. The van der Waals surface area contributed by atoms with Crippen LogP contribution in [0.25, 0.3) is 0 Å². The van der Waals surface area contributed by atoms with Crippen molar-refractivity contribution in [2.24, 2.45) is 0 Å². The molecule has 1 aromatic carbocycles. The second-order valence-corrected chi connectivity index (χ2v) is 7.37. The summed E-state index contributed by atoms with van der Waals surface area (Å²) >= 11 is 0. The normalized spacial score (nSPS) is 19.6. The fourth-order valence-electron chi connectivity index (χ4n) is 2.22. The maximum atomic E-state index is 12.4. The van der Waals surface area contributed by atoms with Crippen LogP contribution in [0.5, 0.6) is 0 Å². The van der Waals surface area contributed by atoms with E-state index in [2.05, 4.69) is 0 Å². The molecule has 21 heavy (non-hydrogen) atoms. The summed E-state index contributed by atoms with van der Waals surface area (Å²) in [6.45, 7) is 2.88. The Balaban J connectivity index is 2.17. The first-order valence-corrected chi connectivity index (χ1v) is 7.90. The van der Waals surface area contributed by atoms with Crippen LogP contribution in [0.15, 0.2) is 29.2 Å². The highest BCUT2D eigenvalue weighted by Crippen LogP contribution is 2.32. The first kappa shape index (κ1) is 16.1. The summed E-state index contributed by atoms with van der Waals surface area (Å²) in [5, 5.41) is 9.85. The number of rotatable bonds is 2. The SMILES string of the molecule is CC1(O)CCN(c2ccc(S(=O)(=O)C(F)(F)F)cc2)CC1. The summed E-state index contributed by atoms with van der Waals surface area (Å²) in [7, 11) is -5.30. The van der Waals surface area contributed by atoms with E-state index in [1.54, 1.807) is 6.92 Å². The third-order valence-electron chi connectivity index (χ3n) is 3.66. The lowest BCUT2D eigenvalue weighted by Crippen LogP contribution is -2.42. The van der Waals surface area contributed by atoms with E-state index in [4.69, 9.17) is 0 Å². The molecule has 1 N–H and O–H groups in total. The lowest BCUT2D eigenvalue weighted by atomic mass is 9.93. The number of benzene rings is 1. The number of sulfone groups is 1. The molecule has 8 heteroatoms. The number of anilines is 1. The number of hydrogen-bond acceptors (Lipinski definition) is 4. The number of nitrogens with zero attached hydrogens (tertiary/aromatic N) is 1. The van der Waals surface area contributed by atoms with Gasteiger partial charge in [-0.2, -0.15) is 13.2 Å². The zero-order valence-corrected chi connectivity index (χ0v) is 12.2. The molecule has 0 bridgehead atoms. The Bertz CT molecular complexity index is 599. The van der Waals surface area contributed by atoms with E-state index in [9.17, 15) is 26.7 Å². The van der Waals surface area contributed by atoms with E-state index in [0.29, 0.717) is 31.6 Å². The molecule has 0 amide bonds. The molecule has 0 saturated carbocycles. The predicted octanol–water partition coefficient (Wildman–Crippen LogP) is 2.33. The van der Waals surface area contributed by atoms with Gasteiger partial charge in [0.05, 0.1) is 10.5 Å². The zero-order valence-electron chi connectivity index (χ0n) is 11.4. The highest BCUT2D eigenvalue weighted by atomic mass is 32.2. The minimum atomic E-state index is -5.30. The number of hydrogen-bond donors (Lipinski definition) is 1. The average Bonchev–Trinajstić information content (AvgIpc) is 2.37. The maximum Gasteiger partial charge on any atom is 0.501 e. The van der Waals surface area contributed by atoms with Crippen LogP contribution in [0.3, 0.4) is 0 Å². The van der Waals surface area contributed by atoms with Crippen molar-refractivity contribution in [2.45, 2.75) is 35.8 Å². The van der Waals surface area contributed by atoms with Crippen molar-refractivity contribution in [2.75, 3.05) is 18.0 Å². The van der Waals surface area contributed by atoms with Gasteiger partial charge in [0, 0.05) is 18.8 Å². The van der Waals surface area contributed by atoms with Gasteiger partial charge in [0.15, 0.2) is 0 Å². The van der Waals surface area contributed by atoms with Crippen molar-refractivity contribution in [3.8, 4) is 0 Å². The van der Waals surface area contributed by atoms with Crippen LogP contribution in [0.2, 0.25) is 0 Å². The van der Waals surface area contributed by atoms with Gasteiger partial charge in [-0.15, -0.1) is 0 Å². The molecule has 0 atom stereocenters. The van der Waals surface area contributed by atoms with Gasteiger partial charge in [0.25, 0.3) is 9.84 Å². The van der Waals surface area contributed by atoms with Crippen LogP contribution >= 0.6 is 0 Å². The lowest BCUT2D eigenvalue weighted by molar-refractivity contribution is -0.0436. The quantitative estimate of drug-likeness (QED) is 0.907. The van der Waals surface area contributed by atoms with Gasteiger partial charge in [-0.05, 0) is 44.0 Å². The van der Waals surface area contributed by atoms with Crippen molar-refractivity contribution in [1.29, 1.82) is 0 Å². The van der Waals surface area contributed by atoms with Gasteiger partial charge < -0.3 is 10.0 Å². The number of alkyl halides is 3. The Morgan fingerprint density at radius 2 is 1.62 bits per heavy atom. The first-order chi connectivity index (χ1) is 9.53. The summed E-state index contributed by atoms with van der Waals surface area (Å²) in [6.07, 6.45) is 1.10. The van der Waals surface area contributed by atoms with Crippen molar-refractivity contribution >= 4 is 15.5 Å². The third-order valence-corrected chi connectivity index (χ3v) is 5.16. The Hall–Kier alpha value is -1.28. The smallest absolute Gasteiger partial charge is 0.390 e. The van der Waals surface area contributed by atoms with Gasteiger partial charge in [-0.25, -0.2) is 8.42 Å². The molecule has 0 radical (unpaired) electrons. The minimum absolute atomic E-state index is 0.551. The van der Waals surface area contributed by atoms with E-state index in [-0.39, 0.29) is 0 Å². The van der Waals surface area contributed by atoms with Crippen molar-refractivity contribution in [3.05, 3.63) is 24.3 Å². The summed E-state index contributed by atoms with van der Waals surface area (Å²) in [6, 6.07) is 4.65. The third kappa shape index (κ3) is 3.32. The van der Waals surface area contributed by atoms with Crippen molar-refractivity contribution in [3.63, 3.8) is 0 Å². The van der Waals surface area contributed by atoms with Gasteiger partial charge in [-0.1, -0.05) is 0 Å². The molecular weight excluding hydrogens is 307 g/mol. The molecule has 0 unspecified atom stereocenters. The van der Waals surface area contributed by atoms with Crippen molar-refractivity contribution in [1.82, 2.24) is 0 Å². The molecule has 1 saturated heterocycles. The Labute approximate surface area is 121 Å². The second kappa shape index (κ2) is 5.17. The second-order valence-electron chi connectivity index (χ2n) is 5.43. The molecule has 4 nitrogen and oxygen atoms in total. The minimum Gasteiger partial charge on any atom is -0.390 e. The van der Waals surface area contributed by atoms with E-state index >= 15 is 0 Å². The molecule has 1 aromatic rings. The monoisotopic (exact) mass is 323 g/mol. The van der Waals surface area contributed by atoms with Crippen LogP contribution in [0, 0.1) is 0 Å². The first-order valence-electron chi connectivity index (χ1n) is 6.42. The number of halogens is 3. The number of piperidine rings is 1. The highest BCUT2D eigenvalue weighted by molar-refractivity contribution is 7.92. The largest absolute Gasteiger partial charge is 0.501 e. The topological polar surface area (TPSA) is 57.6 Å². The molecule has 1 heterocycles. The van der Waals surface area contributed by atoms with Crippen molar-refractivity contribution < 1.29 is 26.7 Å². The van der Waals surface area contributed by atoms with Crippen LogP contribution in [-0.4, -0.2) is 37.7 Å². The van der Waals surface area contributed by atoms with Crippen LogP contribution in [-0.2, 0) is 9.84 Å². The Morgan fingerprint density at radius 1 is 1.14 bits per heavy atom. The Kier molecular flexibility index (Phi) is 3.96. The van der Waals surface area contributed by atoms with Gasteiger partial charge >= 0.3 is 5.51 Å². The summed E-state index contributed by atoms with van der Waals surface area (Å²) < 4.78 is 59.8. The average molecular weight is 323 g/mol. The van der Waals surface area contributed by atoms with Crippen LogP contribution < -0.4 is 4.90 Å². The molecule has 1 fully saturated rings. The molecule has 0 aromatic heterocycles. The standard InChI is InChI=1S/C13H16F3NO3S/c1-12(18)6-8-17(9-7-12)10-2-4-11(5-3-10)21(19,20)13(14,15)16/h2-5,18H,6-9H2,1H3. The van der Waals surface area contributed by atoms with Gasteiger partial charge in [0.1, 0.15) is 0 Å². The van der Waals surface area contributed by atoms with E-state index in [1.807, 2.05) is 4.90 Å². The molecular formula is C13H16F3NO3S. The predicted molar refractivity (Wildman–Crippen MR) is 71.8 cm³/mol. The highest BCUT2D eigenvalue weighted by Gasteiger charge is 2.46. The maximum absolute atomic E-state index is 12.4. The molecule has 0 spiro atoms. The van der Waals surface area contributed by atoms with Crippen LogP contribution in [0.1, 0.15) is 19.8 Å².